The Morgan fingerprint density at radius 2 is 2.20 bits per heavy atom. The minimum Gasteiger partial charge on any atom is -0.480 e. The third kappa shape index (κ3) is 2.70. The molecule has 6 heteroatoms. The zero-order valence-electron chi connectivity index (χ0n) is 8.22. The van der Waals surface area contributed by atoms with Gasteiger partial charge in [-0.1, -0.05) is 0 Å². The number of rotatable bonds is 3. The Kier molecular flexibility index (Phi) is 3.72. The van der Waals surface area contributed by atoms with E-state index in [4.69, 9.17) is 11.5 Å². The van der Waals surface area contributed by atoms with Crippen LogP contribution in [0.4, 0.5) is 0 Å². The second-order valence-electron chi connectivity index (χ2n) is 3.40. The van der Waals surface area contributed by atoms with E-state index in [9.17, 15) is 13.2 Å². The maximum atomic E-state index is 11.6. The van der Waals surface area contributed by atoms with Gasteiger partial charge in [0.1, 0.15) is 6.04 Å². The zero-order valence-corrected chi connectivity index (χ0v) is 9.03. The van der Waals surface area contributed by atoms with Crippen LogP contribution >= 0.6 is 0 Å². The molecular formula is C9H13NO4S. The molecule has 1 atom stereocenters. The largest absolute Gasteiger partial charge is 0.480 e. The van der Waals surface area contributed by atoms with E-state index in [0.29, 0.717) is 12.8 Å². The molecule has 1 saturated heterocycles. The molecule has 0 radical (unpaired) electrons. The average Bonchev–Trinajstić information content (AvgIpc) is 2.14. The molecule has 1 fully saturated rings. The zero-order chi connectivity index (χ0) is 11.5. The van der Waals surface area contributed by atoms with Crippen LogP contribution in [0.15, 0.2) is 0 Å². The van der Waals surface area contributed by atoms with E-state index in [-0.39, 0.29) is 18.7 Å². The van der Waals surface area contributed by atoms with Crippen molar-refractivity contribution in [2.75, 3.05) is 12.3 Å². The van der Waals surface area contributed by atoms with Gasteiger partial charge in [-0.2, -0.15) is 4.31 Å². The van der Waals surface area contributed by atoms with Crippen molar-refractivity contribution >= 4 is 16.0 Å². The molecule has 0 aromatic heterocycles. The van der Waals surface area contributed by atoms with Gasteiger partial charge < -0.3 is 5.11 Å². The van der Waals surface area contributed by atoms with Crippen molar-refractivity contribution in [3.05, 3.63) is 0 Å². The van der Waals surface area contributed by atoms with E-state index in [1.54, 1.807) is 0 Å². The first kappa shape index (κ1) is 12.0. The van der Waals surface area contributed by atoms with Gasteiger partial charge >= 0.3 is 5.97 Å². The Morgan fingerprint density at radius 3 is 2.67 bits per heavy atom. The number of sulfonamides is 1. The summed E-state index contributed by atoms with van der Waals surface area (Å²) in [5, 5.41) is 8.89. The van der Waals surface area contributed by atoms with Crippen LogP contribution in [-0.2, 0) is 14.8 Å². The summed E-state index contributed by atoms with van der Waals surface area (Å²) in [5.41, 5.74) is 0. The number of carboxylic acid groups (broad SMARTS) is 1. The van der Waals surface area contributed by atoms with Crippen molar-refractivity contribution in [3.63, 3.8) is 0 Å². The predicted octanol–water partition coefficient (Wildman–Crippen LogP) is -0.111. The Balaban J connectivity index is 2.92. The molecule has 0 spiro atoms. The Bertz CT molecular complexity index is 381. The highest BCUT2D eigenvalue weighted by molar-refractivity contribution is 7.89. The second-order valence-corrected chi connectivity index (χ2v) is 5.44. The van der Waals surface area contributed by atoms with Gasteiger partial charge in [0.05, 0.1) is 5.75 Å². The molecule has 0 aliphatic carbocycles. The van der Waals surface area contributed by atoms with Crippen LogP contribution in [0.2, 0.25) is 0 Å². The molecule has 0 aromatic carbocycles. The molecule has 1 aliphatic rings. The SMILES string of the molecule is C#CCC(C(=O)O)N1CCCCS1(=O)=O. The minimum atomic E-state index is -3.43. The number of hydrogen-bond acceptors (Lipinski definition) is 3. The van der Waals surface area contributed by atoms with Crippen LogP contribution in [0.3, 0.4) is 0 Å². The molecular weight excluding hydrogens is 218 g/mol. The summed E-state index contributed by atoms with van der Waals surface area (Å²) in [6.45, 7) is 0.251. The quantitative estimate of drug-likeness (QED) is 0.688. The van der Waals surface area contributed by atoms with Crippen molar-refractivity contribution in [2.24, 2.45) is 0 Å². The molecule has 1 unspecified atom stereocenters. The first-order chi connectivity index (χ1) is 6.99. The third-order valence-electron chi connectivity index (χ3n) is 2.33. The lowest BCUT2D eigenvalue weighted by atomic mass is 10.2. The lowest BCUT2D eigenvalue weighted by molar-refractivity contribution is -0.141. The maximum Gasteiger partial charge on any atom is 0.323 e. The summed E-state index contributed by atoms with van der Waals surface area (Å²) in [6, 6.07) is -1.11. The lowest BCUT2D eigenvalue weighted by Gasteiger charge is -2.30. The summed E-state index contributed by atoms with van der Waals surface area (Å²) >= 11 is 0. The summed E-state index contributed by atoms with van der Waals surface area (Å²) in [4.78, 5) is 10.9. The minimum absolute atomic E-state index is 0.0152. The number of terminal acetylenes is 1. The van der Waals surface area contributed by atoms with E-state index >= 15 is 0 Å². The topological polar surface area (TPSA) is 74.7 Å². The van der Waals surface area contributed by atoms with E-state index < -0.39 is 22.0 Å². The van der Waals surface area contributed by atoms with Gasteiger partial charge in [-0.3, -0.25) is 4.79 Å². The van der Waals surface area contributed by atoms with Gasteiger partial charge in [0.25, 0.3) is 0 Å². The molecule has 84 valence electrons. The second kappa shape index (κ2) is 4.64. The van der Waals surface area contributed by atoms with Crippen molar-refractivity contribution < 1.29 is 18.3 Å². The fourth-order valence-corrected chi connectivity index (χ4v) is 3.35. The van der Waals surface area contributed by atoms with Crippen LogP contribution in [-0.4, -0.2) is 42.1 Å². The van der Waals surface area contributed by atoms with Gasteiger partial charge in [-0.15, -0.1) is 12.3 Å². The van der Waals surface area contributed by atoms with Gasteiger partial charge in [0.15, 0.2) is 0 Å². The van der Waals surface area contributed by atoms with Crippen LogP contribution in [0.1, 0.15) is 19.3 Å². The summed E-state index contributed by atoms with van der Waals surface area (Å²) in [6.07, 6.45) is 6.21. The first-order valence-corrected chi connectivity index (χ1v) is 6.26. The monoisotopic (exact) mass is 231 g/mol. The van der Waals surface area contributed by atoms with Crippen molar-refractivity contribution in [2.45, 2.75) is 25.3 Å². The number of carbonyl (C=O) groups is 1. The van der Waals surface area contributed by atoms with E-state index in [2.05, 4.69) is 5.92 Å². The summed E-state index contributed by atoms with van der Waals surface area (Å²) in [5.74, 6) is 1.03. The molecule has 15 heavy (non-hydrogen) atoms. The van der Waals surface area contributed by atoms with E-state index in [1.807, 2.05) is 0 Å². The van der Waals surface area contributed by atoms with Crippen LogP contribution < -0.4 is 0 Å². The molecule has 0 aromatic rings. The molecule has 1 aliphatic heterocycles. The number of nitrogens with zero attached hydrogens (tertiary/aromatic N) is 1. The van der Waals surface area contributed by atoms with Crippen molar-refractivity contribution in [3.8, 4) is 12.3 Å². The van der Waals surface area contributed by atoms with Crippen molar-refractivity contribution in [1.82, 2.24) is 4.31 Å². The van der Waals surface area contributed by atoms with E-state index in [0.717, 1.165) is 4.31 Å². The Hall–Kier alpha value is -1.06. The summed E-state index contributed by atoms with van der Waals surface area (Å²) < 4.78 is 24.2. The molecule has 0 saturated carbocycles. The fraction of sp³-hybridized carbons (Fsp3) is 0.667. The molecule has 0 amide bonds. The number of hydrogen-bond donors (Lipinski definition) is 1. The van der Waals surface area contributed by atoms with E-state index in [1.165, 1.54) is 0 Å². The normalized spacial score (nSPS) is 22.9. The fourth-order valence-electron chi connectivity index (χ4n) is 1.58. The molecule has 0 bridgehead atoms. The van der Waals surface area contributed by atoms with Gasteiger partial charge in [-0.25, -0.2) is 8.42 Å². The predicted molar refractivity (Wildman–Crippen MR) is 54.6 cm³/mol. The maximum absolute atomic E-state index is 11.6. The highest BCUT2D eigenvalue weighted by Crippen LogP contribution is 2.18. The summed E-state index contributed by atoms with van der Waals surface area (Å²) in [7, 11) is -3.43. The lowest BCUT2D eigenvalue weighted by Crippen LogP contribution is -2.48. The molecule has 1 heterocycles. The molecule has 1 N–H and O–H groups in total. The molecule has 5 nitrogen and oxygen atoms in total. The highest BCUT2D eigenvalue weighted by atomic mass is 32.2. The number of aliphatic carboxylic acids is 1. The smallest absolute Gasteiger partial charge is 0.323 e. The van der Waals surface area contributed by atoms with Gasteiger partial charge in [-0.05, 0) is 12.8 Å². The Labute approximate surface area is 89.1 Å². The average molecular weight is 231 g/mol. The van der Waals surface area contributed by atoms with Gasteiger partial charge in [0.2, 0.25) is 10.0 Å². The third-order valence-corrected chi connectivity index (χ3v) is 4.29. The van der Waals surface area contributed by atoms with Crippen molar-refractivity contribution in [1.29, 1.82) is 0 Å². The van der Waals surface area contributed by atoms with Crippen LogP contribution in [0, 0.1) is 12.3 Å². The Morgan fingerprint density at radius 1 is 1.53 bits per heavy atom. The standard InChI is InChI=1S/C9H13NO4S/c1-2-5-8(9(11)12)10-6-3-4-7-15(10,13)14/h1,8H,3-7H2,(H,11,12). The van der Waals surface area contributed by atoms with Crippen LogP contribution in [0.5, 0.6) is 0 Å². The number of carboxylic acids is 1. The highest BCUT2D eigenvalue weighted by Gasteiger charge is 2.35. The molecule has 1 rings (SSSR count). The first-order valence-electron chi connectivity index (χ1n) is 4.65. The van der Waals surface area contributed by atoms with Crippen LogP contribution in [0.25, 0.3) is 0 Å². The van der Waals surface area contributed by atoms with Gasteiger partial charge in [0, 0.05) is 13.0 Å².